The molecular weight excluding hydrogens is 378 g/mol. The number of thioether (sulfide) groups is 1. The van der Waals surface area contributed by atoms with E-state index >= 15 is 0 Å². The van der Waals surface area contributed by atoms with E-state index in [1.165, 1.54) is 30.2 Å². The SMILES string of the molecule is COC(=O)[C@@H]1C[C@H](NC(=O)CSc2nc3ccc(NC=O)cc3s2)CO1. The lowest BCUT2D eigenvalue weighted by Crippen LogP contribution is -2.36. The molecule has 1 aliphatic heterocycles. The molecule has 8 nitrogen and oxygen atoms in total. The van der Waals surface area contributed by atoms with Crippen LogP contribution in [0.4, 0.5) is 5.69 Å². The first kappa shape index (κ1) is 18.6. The lowest BCUT2D eigenvalue weighted by Gasteiger charge is -2.10. The molecule has 2 amide bonds. The van der Waals surface area contributed by atoms with Crippen LogP contribution in [0.15, 0.2) is 22.5 Å². The van der Waals surface area contributed by atoms with Crippen molar-refractivity contribution in [2.75, 3.05) is 24.8 Å². The number of benzene rings is 1. The Hall–Kier alpha value is -2.17. The van der Waals surface area contributed by atoms with Crippen LogP contribution >= 0.6 is 23.1 Å². The highest BCUT2D eigenvalue weighted by atomic mass is 32.2. The summed E-state index contributed by atoms with van der Waals surface area (Å²) in [5, 5.41) is 5.45. The predicted octanol–water partition coefficient (Wildman–Crippen LogP) is 1.40. The van der Waals surface area contributed by atoms with Crippen molar-refractivity contribution in [2.45, 2.75) is 22.9 Å². The van der Waals surface area contributed by atoms with Gasteiger partial charge in [-0.2, -0.15) is 0 Å². The second-order valence-corrected chi connectivity index (χ2v) is 7.81. The standard InChI is InChI=1S/C16H17N3O5S2/c1-23-15(22)12-4-10(6-24-12)18-14(21)7-25-16-19-11-3-2-9(17-8-20)5-13(11)26-16/h2-3,5,8,10,12H,4,6-7H2,1H3,(H,17,20)(H,18,21)/t10-,12-/m0/s1. The van der Waals surface area contributed by atoms with Crippen molar-refractivity contribution in [3.63, 3.8) is 0 Å². The number of hydrogen-bond acceptors (Lipinski definition) is 8. The number of hydrogen-bond donors (Lipinski definition) is 2. The van der Waals surface area contributed by atoms with Crippen LogP contribution < -0.4 is 10.6 Å². The molecule has 138 valence electrons. The molecule has 2 atom stereocenters. The zero-order chi connectivity index (χ0) is 18.5. The quantitative estimate of drug-likeness (QED) is 0.415. The smallest absolute Gasteiger partial charge is 0.335 e. The molecule has 1 fully saturated rings. The summed E-state index contributed by atoms with van der Waals surface area (Å²) >= 11 is 2.80. The summed E-state index contributed by atoms with van der Waals surface area (Å²) in [7, 11) is 1.31. The van der Waals surface area contributed by atoms with Crippen molar-refractivity contribution in [1.29, 1.82) is 0 Å². The third-order valence-corrected chi connectivity index (χ3v) is 5.91. The van der Waals surface area contributed by atoms with E-state index in [4.69, 9.17) is 4.74 Å². The molecule has 2 heterocycles. The molecule has 2 aromatic rings. The number of amides is 2. The first-order chi connectivity index (χ1) is 12.6. The van der Waals surface area contributed by atoms with Gasteiger partial charge in [0.15, 0.2) is 10.4 Å². The Morgan fingerprint density at radius 2 is 2.35 bits per heavy atom. The first-order valence-electron chi connectivity index (χ1n) is 7.81. The number of carbonyl (C=O) groups excluding carboxylic acids is 3. The molecule has 0 saturated carbocycles. The van der Waals surface area contributed by atoms with Crippen molar-refractivity contribution >= 4 is 57.3 Å². The average Bonchev–Trinajstić information content (AvgIpc) is 3.25. The number of methoxy groups -OCH3 is 1. The minimum atomic E-state index is -0.614. The van der Waals surface area contributed by atoms with Crippen LogP contribution in [0.2, 0.25) is 0 Å². The van der Waals surface area contributed by atoms with Gasteiger partial charge in [-0.05, 0) is 18.2 Å². The molecule has 0 bridgehead atoms. The van der Waals surface area contributed by atoms with Gasteiger partial charge in [0.2, 0.25) is 12.3 Å². The molecule has 3 rings (SSSR count). The van der Waals surface area contributed by atoms with Crippen molar-refractivity contribution in [3.05, 3.63) is 18.2 Å². The molecule has 0 unspecified atom stereocenters. The second kappa shape index (κ2) is 8.47. The van der Waals surface area contributed by atoms with Gasteiger partial charge >= 0.3 is 5.97 Å². The average molecular weight is 395 g/mol. The molecule has 1 aromatic heterocycles. The zero-order valence-electron chi connectivity index (χ0n) is 13.9. The molecule has 1 aliphatic rings. The molecule has 1 aromatic carbocycles. The van der Waals surface area contributed by atoms with E-state index in [0.717, 1.165) is 14.6 Å². The largest absolute Gasteiger partial charge is 0.467 e. The van der Waals surface area contributed by atoms with E-state index in [9.17, 15) is 14.4 Å². The third kappa shape index (κ3) is 4.51. The van der Waals surface area contributed by atoms with Crippen LogP contribution in [0, 0.1) is 0 Å². The summed E-state index contributed by atoms with van der Waals surface area (Å²) in [6.07, 6.45) is 0.424. The van der Waals surface area contributed by atoms with Gasteiger partial charge in [-0.3, -0.25) is 9.59 Å². The van der Waals surface area contributed by atoms with Crippen molar-refractivity contribution in [3.8, 4) is 0 Å². The Morgan fingerprint density at radius 3 is 3.12 bits per heavy atom. The van der Waals surface area contributed by atoms with Crippen LogP contribution in [0.5, 0.6) is 0 Å². The summed E-state index contributed by atoms with van der Waals surface area (Å²) in [5.74, 6) is -0.343. The normalized spacial score (nSPS) is 19.3. The first-order valence-corrected chi connectivity index (χ1v) is 9.61. The van der Waals surface area contributed by atoms with Gasteiger partial charge in [0.25, 0.3) is 0 Å². The monoisotopic (exact) mass is 395 g/mol. The van der Waals surface area contributed by atoms with Crippen LogP contribution in [0.1, 0.15) is 6.42 Å². The highest BCUT2D eigenvalue weighted by molar-refractivity contribution is 8.01. The molecule has 1 saturated heterocycles. The number of ether oxygens (including phenoxy) is 2. The Balaban J connectivity index is 1.51. The van der Waals surface area contributed by atoms with Crippen LogP contribution in [-0.4, -0.2) is 54.9 Å². The van der Waals surface area contributed by atoms with E-state index in [1.54, 1.807) is 6.07 Å². The molecule has 10 heteroatoms. The number of thiazole rings is 1. The summed E-state index contributed by atoms with van der Waals surface area (Å²) in [4.78, 5) is 38.5. The van der Waals surface area contributed by atoms with Gasteiger partial charge in [0, 0.05) is 12.1 Å². The van der Waals surface area contributed by atoms with Gasteiger partial charge in [0.1, 0.15) is 0 Å². The van der Waals surface area contributed by atoms with Gasteiger partial charge in [0.05, 0.1) is 35.7 Å². The number of esters is 1. The fraction of sp³-hybridized carbons (Fsp3) is 0.375. The number of anilines is 1. The van der Waals surface area contributed by atoms with Gasteiger partial charge < -0.3 is 20.1 Å². The summed E-state index contributed by atoms with van der Waals surface area (Å²) in [6.45, 7) is 0.295. The molecule has 2 N–H and O–H groups in total. The highest BCUT2D eigenvalue weighted by Gasteiger charge is 2.32. The predicted molar refractivity (Wildman–Crippen MR) is 98.3 cm³/mol. The minimum absolute atomic E-state index is 0.142. The number of nitrogens with one attached hydrogen (secondary N) is 2. The summed E-state index contributed by atoms with van der Waals surface area (Å²) in [6, 6.07) is 5.24. The fourth-order valence-electron chi connectivity index (χ4n) is 2.54. The number of nitrogens with zero attached hydrogens (tertiary/aromatic N) is 1. The maximum absolute atomic E-state index is 12.1. The molecule has 0 spiro atoms. The third-order valence-electron chi connectivity index (χ3n) is 3.75. The molecular formula is C16H17N3O5S2. The van der Waals surface area contributed by atoms with Gasteiger partial charge in [-0.25, -0.2) is 9.78 Å². The molecule has 0 aliphatic carbocycles. The maximum Gasteiger partial charge on any atom is 0.335 e. The minimum Gasteiger partial charge on any atom is -0.467 e. The van der Waals surface area contributed by atoms with Crippen molar-refractivity contribution in [2.24, 2.45) is 0 Å². The van der Waals surface area contributed by atoms with Crippen LogP contribution in [0.25, 0.3) is 10.2 Å². The Labute approximate surface area is 157 Å². The lowest BCUT2D eigenvalue weighted by atomic mass is 10.2. The number of aromatic nitrogens is 1. The van der Waals surface area contributed by atoms with Gasteiger partial charge in [-0.15, -0.1) is 11.3 Å². The Kier molecular flexibility index (Phi) is 6.07. The molecule has 26 heavy (non-hydrogen) atoms. The lowest BCUT2D eigenvalue weighted by molar-refractivity contribution is -0.151. The Bertz CT molecular complexity index is 825. The van der Waals surface area contributed by atoms with Crippen LogP contribution in [-0.2, 0) is 23.9 Å². The van der Waals surface area contributed by atoms with E-state index in [1.807, 2.05) is 12.1 Å². The Morgan fingerprint density at radius 1 is 1.50 bits per heavy atom. The second-order valence-electron chi connectivity index (χ2n) is 5.56. The zero-order valence-corrected chi connectivity index (χ0v) is 15.5. The van der Waals surface area contributed by atoms with E-state index in [2.05, 4.69) is 20.4 Å². The van der Waals surface area contributed by atoms with E-state index < -0.39 is 12.1 Å². The van der Waals surface area contributed by atoms with E-state index in [0.29, 0.717) is 25.1 Å². The number of fused-ring (bicyclic) bond motifs is 1. The number of carbonyl (C=O) groups is 3. The van der Waals surface area contributed by atoms with Gasteiger partial charge in [-0.1, -0.05) is 11.8 Å². The van der Waals surface area contributed by atoms with Crippen molar-refractivity contribution < 1.29 is 23.9 Å². The van der Waals surface area contributed by atoms with Crippen molar-refractivity contribution in [1.82, 2.24) is 10.3 Å². The number of rotatable bonds is 7. The summed E-state index contributed by atoms with van der Waals surface area (Å²) in [5.41, 5.74) is 1.52. The summed E-state index contributed by atoms with van der Waals surface area (Å²) < 4.78 is 11.7. The maximum atomic E-state index is 12.1. The highest BCUT2D eigenvalue weighted by Crippen LogP contribution is 2.31. The van der Waals surface area contributed by atoms with E-state index in [-0.39, 0.29) is 17.7 Å². The topological polar surface area (TPSA) is 107 Å². The van der Waals surface area contributed by atoms with Crippen LogP contribution in [0.3, 0.4) is 0 Å². The fourth-order valence-corrected chi connectivity index (χ4v) is 4.46. The molecule has 0 radical (unpaired) electrons.